The molecule has 262 valence electrons. The summed E-state index contributed by atoms with van der Waals surface area (Å²) in [6.45, 7) is 13.1. The summed E-state index contributed by atoms with van der Waals surface area (Å²) in [5, 5.41) is 3.12. The van der Waals surface area contributed by atoms with Crippen molar-refractivity contribution in [2.75, 3.05) is 26.7 Å². The average Bonchev–Trinajstić information content (AvgIpc) is 3.07. The molecule has 1 aliphatic carbocycles. The van der Waals surface area contributed by atoms with Crippen LogP contribution < -0.4 is 14.8 Å². The Morgan fingerprint density at radius 3 is 2.16 bits per heavy atom. The molecule has 2 amide bonds. The number of aryl methyl sites for hydroxylation is 1. The summed E-state index contributed by atoms with van der Waals surface area (Å²) in [6.07, 6.45) is 4.98. The standard InChI is InChI=1S/C41H52N2O6/c1-40(2,3)38(45)48-35-15-14-30-24-32(13-12-31(30)25-35)36-17-16-34(47-7)26-33(36)18-21-42-37(44)29-10-8-27(9-11-29)28-19-22-43(23-20-28)39(46)49-41(4,5)6/h8-11,14-17,25-26,28,32H,12-13,18-24H2,1-7H3,(H,42,44). The van der Waals surface area contributed by atoms with Crippen LogP contribution in [0.4, 0.5) is 4.79 Å². The van der Waals surface area contributed by atoms with Crippen LogP contribution in [0.1, 0.15) is 111 Å². The molecule has 0 aromatic heterocycles. The number of likely N-dealkylation sites (tertiary alicyclic amines) is 1. The fraction of sp³-hybridized carbons (Fsp3) is 0.488. The third kappa shape index (κ3) is 9.43. The van der Waals surface area contributed by atoms with Gasteiger partial charge in [0.1, 0.15) is 17.1 Å². The molecule has 3 aromatic rings. The van der Waals surface area contributed by atoms with Crippen molar-refractivity contribution in [3.63, 3.8) is 0 Å². The SMILES string of the molecule is COc1ccc(C2CCc3cc(OC(=O)C(C)(C)C)ccc3C2)c(CCNC(=O)c2ccc(C3CCN(C(=O)OC(C)(C)C)CC3)cc2)c1. The van der Waals surface area contributed by atoms with E-state index in [-0.39, 0.29) is 18.0 Å². The van der Waals surface area contributed by atoms with E-state index in [1.165, 1.54) is 27.8 Å². The van der Waals surface area contributed by atoms with Crippen LogP contribution in [-0.4, -0.2) is 55.2 Å². The Hall–Kier alpha value is -4.33. The van der Waals surface area contributed by atoms with Gasteiger partial charge in [0.2, 0.25) is 0 Å². The number of amides is 2. The van der Waals surface area contributed by atoms with Crippen LogP contribution in [0.3, 0.4) is 0 Å². The molecule has 1 aliphatic heterocycles. The van der Waals surface area contributed by atoms with E-state index in [1.807, 2.05) is 84.0 Å². The number of fused-ring (bicyclic) bond motifs is 1. The van der Waals surface area contributed by atoms with Gasteiger partial charge in [0.25, 0.3) is 5.91 Å². The van der Waals surface area contributed by atoms with E-state index in [4.69, 9.17) is 14.2 Å². The molecular weight excluding hydrogens is 616 g/mol. The lowest BCUT2D eigenvalue weighted by molar-refractivity contribution is -0.143. The van der Waals surface area contributed by atoms with Gasteiger partial charge in [0.05, 0.1) is 12.5 Å². The molecule has 1 saturated heterocycles. The summed E-state index contributed by atoms with van der Waals surface area (Å²) < 4.78 is 16.7. The molecule has 0 saturated carbocycles. The molecule has 8 nitrogen and oxygen atoms in total. The van der Waals surface area contributed by atoms with Crippen molar-refractivity contribution < 1.29 is 28.6 Å². The summed E-state index contributed by atoms with van der Waals surface area (Å²) in [5.41, 5.74) is 5.74. The van der Waals surface area contributed by atoms with Crippen LogP contribution in [0.5, 0.6) is 11.5 Å². The van der Waals surface area contributed by atoms with Gasteiger partial charge in [0.15, 0.2) is 0 Å². The van der Waals surface area contributed by atoms with Crippen molar-refractivity contribution in [3.05, 3.63) is 94.0 Å². The smallest absolute Gasteiger partial charge is 0.410 e. The van der Waals surface area contributed by atoms with Crippen LogP contribution in [-0.2, 0) is 28.8 Å². The summed E-state index contributed by atoms with van der Waals surface area (Å²) >= 11 is 0. The van der Waals surface area contributed by atoms with Gasteiger partial charge in [-0.2, -0.15) is 0 Å². The number of carbonyl (C=O) groups is 3. The fourth-order valence-electron chi connectivity index (χ4n) is 6.69. The molecule has 1 heterocycles. The second kappa shape index (κ2) is 15.1. The predicted molar refractivity (Wildman–Crippen MR) is 192 cm³/mol. The highest BCUT2D eigenvalue weighted by molar-refractivity contribution is 5.94. The third-order valence-electron chi connectivity index (χ3n) is 9.49. The molecule has 8 heteroatoms. The molecule has 1 unspecified atom stereocenters. The third-order valence-corrected chi connectivity index (χ3v) is 9.49. The van der Waals surface area contributed by atoms with Gasteiger partial charge in [-0.25, -0.2) is 4.79 Å². The zero-order valence-electron chi connectivity index (χ0n) is 30.2. The van der Waals surface area contributed by atoms with E-state index >= 15 is 0 Å². The molecule has 1 N–H and O–H groups in total. The monoisotopic (exact) mass is 668 g/mol. The van der Waals surface area contributed by atoms with E-state index in [0.29, 0.717) is 49.2 Å². The van der Waals surface area contributed by atoms with E-state index in [2.05, 4.69) is 23.5 Å². The molecule has 49 heavy (non-hydrogen) atoms. The van der Waals surface area contributed by atoms with Gasteiger partial charge in [-0.1, -0.05) is 24.3 Å². The molecule has 0 radical (unpaired) electrons. The Balaban J connectivity index is 1.16. The van der Waals surface area contributed by atoms with Gasteiger partial charge < -0.3 is 24.4 Å². The highest BCUT2D eigenvalue weighted by atomic mass is 16.6. The van der Waals surface area contributed by atoms with Crippen molar-refractivity contribution in [1.29, 1.82) is 0 Å². The molecular formula is C41H52N2O6. The van der Waals surface area contributed by atoms with Crippen LogP contribution >= 0.6 is 0 Å². The molecule has 5 rings (SSSR count). The zero-order valence-corrected chi connectivity index (χ0v) is 30.2. The minimum Gasteiger partial charge on any atom is -0.497 e. The molecule has 0 spiro atoms. The number of rotatable bonds is 8. The van der Waals surface area contributed by atoms with E-state index in [1.54, 1.807) is 12.0 Å². The van der Waals surface area contributed by atoms with Crippen LogP contribution in [0.2, 0.25) is 0 Å². The lowest BCUT2D eigenvalue weighted by Crippen LogP contribution is -2.41. The Kier molecular flexibility index (Phi) is 11.1. The second-order valence-corrected chi connectivity index (χ2v) is 15.4. The zero-order chi connectivity index (χ0) is 35.3. The van der Waals surface area contributed by atoms with Gasteiger partial charge >= 0.3 is 12.1 Å². The highest BCUT2D eigenvalue weighted by Crippen LogP contribution is 2.37. The lowest BCUT2D eigenvalue weighted by atomic mass is 9.78. The van der Waals surface area contributed by atoms with Crippen molar-refractivity contribution in [1.82, 2.24) is 10.2 Å². The van der Waals surface area contributed by atoms with Gasteiger partial charge in [0, 0.05) is 25.2 Å². The lowest BCUT2D eigenvalue weighted by Gasteiger charge is -2.33. The minimum absolute atomic E-state index is 0.0923. The molecule has 0 bridgehead atoms. The fourth-order valence-corrected chi connectivity index (χ4v) is 6.69. The normalized spacial score (nSPS) is 16.8. The molecule has 1 atom stereocenters. The highest BCUT2D eigenvalue weighted by Gasteiger charge is 2.28. The van der Waals surface area contributed by atoms with Crippen LogP contribution in [0, 0.1) is 5.41 Å². The summed E-state index contributed by atoms with van der Waals surface area (Å²) in [6, 6.07) is 20.2. The number of nitrogens with one attached hydrogen (secondary N) is 1. The maximum Gasteiger partial charge on any atom is 0.410 e. The maximum absolute atomic E-state index is 13.1. The number of nitrogens with zero attached hydrogens (tertiary/aromatic N) is 1. The Labute approximate surface area is 291 Å². The van der Waals surface area contributed by atoms with Gasteiger partial charge in [-0.3, -0.25) is 9.59 Å². The summed E-state index contributed by atoms with van der Waals surface area (Å²) in [5.74, 6) is 1.78. The second-order valence-electron chi connectivity index (χ2n) is 15.4. The molecule has 2 aliphatic rings. The van der Waals surface area contributed by atoms with E-state index in [9.17, 15) is 14.4 Å². The molecule has 1 fully saturated rings. The van der Waals surface area contributed by atoms with E-state index < -0.39 is 11.0 Å². The Bertz CT molecular complexity index is 1640. The largest absolute Gasteiger partial charge is 0.497 e. The topological polar surface area (TPSA) is 94.2 Å². The number of esters is 1. The van der Waals surface area contributed by atoms with Gasteiger partial charge in [-0.15, -0.1) is 0 Å². The number of methoxy groups -OCH3 is 1. The van der Waals surface area contributed by atoms with Gasteiger partial charge in [-0.05, 0) is 156 Å². The number of hydrogen-bond donors (Lipinski definition) is 1. The Morgan fingerprint density at radius 1 is 0.816 bits per heavy atom. The van der Waals surface area contributed by atoms with E-state index in [0.717, 1.165) is 37.9 Å². The average molecular weight is 669 g/mol. The minimum atomic E-state index is -0.555. The number of hydrogen-bond acceptors (Lipinski definition) is 6. The number of benzene rings is 3. The molecule has 3 aromatic carbocycles. The summed E-state index contributed by atoms with van der Waals surface area (Å²) in [7, 11) is 1.68. The van der Waals surface area contributed by atoms with Crippen molar-refractivity contribution >= 4 is 18.0 Å². The first kappa shape index (κ1) is 36.0. The maximum atomic E-state index is 13.1. The van der Waals surface area contributed by atoms with Crippen molar-refractivity contribution in [2.45, 2.75) is 97.5 Å². The predicted octanol–water partition coefficient (Wildman–Crippen LogP) is 8.01. The first-order valence-corrected chi connectivity index (χ1v) is 17.6. The van der Waals surface area contributed by atoms with Crippen LogP contribution in [0.15, 0.2) is 60.7 Å². The Morgan fingerprint density at radius 2 is 1.51 bits per heavy atom. The number of piperidine rings is 1. The number of ether oxygens (including phenoxy) is 3. The van der Waals surface area contributed by atoms with Crippen LogP contribution in [0.25, 0.3) is 0 Å². The first-order chi connectivity index (χ1) is 23.2. The first-order valence-electron chi connectivity index (χ1n) is 17.6. The number of carbonyl (C=O) groups excluding carboxylic acids is 3. The quantitative estimate of drug-likeness (QED) is 0.193. The summed E-state index contributed by atoms with van der Waals surface area (Å²) in [4.78, 5) is 39.7. The van der Waals surface area contributed by atoms with Crippen molar-refractivity contribution in [3.8, 4) is 11.5 Å². The van der Waals surface area contributed by atoms with Crippen molar-refractivity contribution in [2.24, 2.45) is 5.41 Å².